The van der Waals surface area contributed by atoms with Crippen LogP contribution in [-0.2, 0) is 6.61 Å². The van der Waals surface area contributed by atoms with Gasteiger partial charge in [0.2, 0.25) is 5.88 Å². The van der Waals surface area contributed by atoms with Crippen molar-refractivity contribution in [2.24, 2.45) is 0 Å². The van der Waals surface area contributed by atoms with Crippen molar-refractivity contribution in [3.05, 3.63) is 51.6 Å². The van der Waals surface area contributed by atoms with Gasteiger partial charge in [0, 0.05) is 6.20 Å². The van der Waals surface area contributed by atoms with Gasteiger partial charge in [0.25, 0.3) is 0 Å². The van der Waals surface area contributed by atoms with Gasteiger partial charge >= 0.3 is 0 Å². The van der Waals surface area contributed by atoms with E-state index in [0.717, 1.165) is 5.56 Å². The lowest BCUT2D eigenvalue weighted by molar-refractivity contribution is 0.281. The second-order valence-corrected chi connectivity index (χ2v) is 4.64. The summed E-state index contributed by atoms with van der Waals surface area (Å²) in [5, 5.41) is 9.46. The number of hydrogen-bond acceptors (Lipinski definition) is 3. The molecule has 88 valence electrons. The van der Waals surface area contributed by atoms with E-state index in [9.17, 15) is 0 Å². The maximum absolute atomic E-state index is 8.92. The summed E-state index contributed by atoms with van der Waals surface area (Å²) in [7, 11) is 0. The van der Waals surface area contributed by atoms with E-state index in [1.165, 1.54) is 6.20 Å². The number of aliphatic hydroxyl groups excluding tert-OH is 1. The minimum absolute atomic E-state index is 0.0170. The zero-order chi connectivity index (χ0) is 12.3. The molecule has 0 aliphatic rings. The Balaban J connectivity index is 2.19. The van der Waals surface area contributed by atoms with Crippen molar-refractivity contribution >= 4 is 27.5 Å². The van der Waals surface area contributed by atoms with Gasteiger partial charge in [0.05, 0.1) is 16.1 Å². The van der Waals surface area contributed by atoms with E-state index in [-0.39, 0.29) is 6.61 Å². The Hall–Kier alpha value is -1.10. The number of aliphatic hydroxyl groups is 1. The van der Waals surface area contributed by atoms with E-state index >= 15 is 0 Å². The van der Waals surface area contributed by atoms with E-state index in [4.69, 9.17) is 21.4 Å². The largest absolute Gasteiger partial charge is 0.438 e. The number of nitrogens with zero attached hydrogens (tertiary/aromatic N) is 1. The van der Waals surface area contributed by atoms with Gasteiger partial charge in [0.1, 0.15) is 5.75 Å². The molecule has 0 saturated heterocycles. The number of halogens is 2. The molecule has 0 bridgehead atoms. The smallest absolute Gasteiger partial charge is 0.233 e. The summed E-state index contributed by atoms with van der Waals surface area (Å²) >= 11 is 9.10. The summed E-state index contributed by atoms with van der Waals surface area (Å²) in [4.78, 5) is 4.07. The maximum Gasteiger partial charge on any atom is 0.233 e. The highest BCUT2D eigenvalue weighted by atomic mass is 79.9. The molecular weight excluding hydrogens is 305 g/mol. The highest BCUT2D eigenvalue weighted by Gasteiger charge is 2.05. The molecule has 1 aromatic heterocycles. The maximum atomic E-state index is 8.92. The van der Waals surface area contributed by atoms with Crippen LogP contribution in [0.4, 0.5) is 0 Å². The van der Waals surface area contributed by atoms with Gasteiger partial charge in [-0.25, -0.2) is 4.98 Å². The van der Waals surface area contributed by atoms with Gasteiger partial charge in [-0.3, -0.25) is 0 Å². The summed E-state index contributed by atoms with van der Waals surface area (Å²) in [5.74, 6) is 1.10. The summed E-state index contributed by atoms with van der Waals surface area (Å²) in [6.45, 7) is 0.0170. The van der Waals surface area contributed by atoms with Gasteiger partial charge in [-0.2, -0.15) is 0 Å². The Labute approximate surface area is 112 Å². The van der Waals surface area contributed by atoms with Crippen molar-refractivity contribution in [1.29, 1.82) is 0 Å². The number of benzene rings is 1. The van der Waals surface area contributed by atoms with Crippen LogP contribution < -0.4 is 4.74 Å². The Morgan fingerprint density at radius 3 is 2.59 bits per heavy atom. The number of hydrogen-bond donors (Lipinski definition) is 1. The molecule has 0 aliphatic heterocycles. The predicted octanol–water partition coefficient (Wildman–Crippen LogP) is 3.78. The first-order valence-electron chi connectivity index (χ1n) is 4.88. The molecule has 0 radical (unpaired) electrons. The molecule has 0 fully saturated rings. The van der Waals surface area contributed by atoms with Gasteiger partial charge in [-0.05, 0) is 39.7 Å². The Bertz CT molecular complexity index is 516. The quantitative estimate of drug-likeness (QED) is 0.937. The van der Waals surface area contributed by atoms with Crippen molar-refractivity contribution in [2.45, 2.75) is 6.61 Å². The molecule has 0 unspecified atom stereocenters. The fourth-order valence-electron chi connectivity index (χ4n) is 1.25. The van der Waals surface area contributed by atoms with Crippen LogP contribution in [0.5, 0.6) is 11.6 Å². The number of aromatic nitrogens is 1. The molecule has 1 aromatic carbocycles. The average molecular weight is 315 g/mol. The highest BCUT2D eigenvalue weighted by molar-refractivity contribution is 9.10. The molecular formula is C12H9BrClNO2. The lowest BCUT2D eigenvalue weighted by Gasteiger charge is -2.07. The minimum Gasteiger partial charge on any atom is -0.438 e. The zero-order valence-corrected chi connectivity index (χ0v) is 11.1. The average Bonchev–Trinajstić information content (AvgIpc) is 2.34. The van der Waals surface area contributed by atoms with E-state index in [1.807, 2.05) is 0 Å². The van der Waals surface area contributed by atoms with Crippen molar-refractivity contribution in [2.75, 3.05) is 0 Å². The second-order valence-electron chi connectivity index (χ2n) is 3.34. The van der Waals surface area contributed by atoms with Crippen LogP contribution in [0.15, 0.2) is 41.0 Å². The first-order chi connectivity index (χ1) is 8.19. The molecule has 0 aliphatic carbocycles. The molecule has 0 amide bonds. The van der Waals surface area contributed by atoms with E-state index < -0.39 is 0 Å². The molecule has 0 spiro atoms. The van der Waals surface area contributed by atoms with Crippen molar-refractivity contribution < 1.29 is 9.84 Å². The Morgan fingerprint density at radius 1 is 1.29 bits per heavy atom. The van der Waals surface area contributed by atoms with Crippen LogP contribution in [0.3, 0.4) is 0 Å². The topological polar surface area (TPSA) is 42.4 Å². The molecule has 3 nitrogen and oxygen atoms in total. The van der Waals surface area contributed by atoms with Crippen molar-refractivity contribution in [3.63, 3.8) is 0 Å². The fraction of sp³-hybridized carbons (Fsp3) is 0.0833. The number of rotatable bonds is 3. The SMILES string of the molecule is OCc1ccc(Oc2ncc(Cl)cc2Br)cc1. The van der Waals surface area contributed by atoms with Crippen molar-refractivity contribution in [3.8, 4) is 11.6 Å². The third-order valence-corrected chi connectivity index (χ3v) is 2.87. The third kappa shape index (κ3) is 3.19. The number of ether oxygens (including phenoxy) is 1. The molecule has 17 heavy (non-hydrogen) atoms. The summed E-state index contributed by atoms with van der Waals surface area (Å²) in [6, 6.07) is 8.84. The van der Waals surface area contributed by atoms with E-state index in [1.54, 1.807) is 30.3 Å². The van der Waals surface area contributed by atoms with E-state index in [2.05, 4.69) is 20.9 Å². The van der Waals surface area contributed by atoms with Gasteiger partial charge in [-0.1, -0.05) is 23.7 Å². The predicted molar refractivity (Wildman–Crippen MR) is 69.4 cm³/mol. The highest BCUT2D eigenvalue weighted by Crippen LogP contribution is 2.29. The van der Waals surface area contributed by atoms with Crippen molar-refractivity contribution in [1.82, 2.24) is 4.98 Å². The number of pyridine rings is 1. The standard InChI is InChI=1S/C12H9BrClNO2/c13-11-5-9(14)6-15-12(11)17-10-3-1-8(7-16)2-4-10/h1-6,16H,7H2. The monoisotopic (exact) mass is 313 g/mol. The second kappa shape index (κ2) is 5.49. The zero-order valence-electron chi connectivity index (χ0n) is 8.73. The van der Waals surface area contributed by atoms with Gasteiger partial charge in [-0.15, -0.1) is 0 Å². The van der Waals surface area contributed by atoms with Crippen LogP contribution in [0.25, 0.3) is 0 Å². The van der Waals surface area contributed by atoms with Crippen LogP contribution >= 0.6 is 27.5 Å². The Morgan fingerprint density at radius 2 is 2.00 bits per heavy atom. The molecule has 2 aromatic rings. The van der Waals surface area contributed by atoms with Crippen LogP contribution in [-0.4, -0.2) is 10.1 Å². The van der Waals surface area contributed by atoms with Crippen LogP contribution in [0.1, 0.15) is 5.56 Å². The fourth-order valence-corrected chi connectivity index (χ4v) is 1.97. The lowest BCUT2D eigenvalue weighted by Crippen LogP contribution is -1.90. The van der Waals surface area contributed by atoms with Crippen LogP contribution in [0.2, 0.25) is 5.02 Å². The molecule has 0 saturated carbocycles. The normalized spacial score (nSPS) is 10.3. The van der Waals surface area contributed by atoms with Gasteiger partial charge < -0.3 is 9.84 Å². The van der Waals surface area contributed by atoms with E-state index in [0.29, 0.717) is 21.1 Å². The third-order valence-electron chi connectivity index (χ3n) is 2.09. The molecule has 0 atom stereocenters. The summed E-state index contributed by atoms with van der Waals surface area (Å²) in [5.41, 5.74) is 0.834. The first-order valence-corrected chi connectivity index (χ1v) is 6.05. The molecule has 1 N–H and O–H groups in total. The summed E-state index contributed by atoms with van der Waals surface area (Å²) < 4.78 is 6.26. The minimum atomic E-state index is 0.0170. The van der Waals surface area contributed by atoms with Crippen LogP contribution in [0, 0.1) is 0 Å². The van der Waals surface area contributed by atoms with Gasteiger partial charge in [0.15, 0.2) is 0 Å². The molecule has 5 heteroatoms. The molecule has 2 rings (SSSR count). The first kappa shape index (κ1) is 12.4. The summed E-state index contributed by atoms with van der Waals surface area (Å²) in [6.07, 6.45) is 1.52. The Kier molecular flexibility index (Phi) is 3.99. The lowest BCUT2D eigenvalue weighted by atomic mass is 10.2. The molecule has 1 heterocycles.